The molecule has 2 atom stereocenters. The van der Waals surface area contributed by atoms with E-state index in [1.165, 1.54) is 0 Å². The van der Waals surface area contributed by atoms with Crippen LogP contribution in [0.5, 0.6) is 5.75 Å². The lowest BCUT2D eigenvalue weighted by molar-refractivity contribution is -0.155. The Morgan fingerprint density at radius 2 is 1.89 bits per heavy atom. The topological polar surface area (TPSA) is 112 Å². The minimum atomic E-state index is -0.989. The van der Waals surface area contributed by atoms with Gasteiger partial charge in [-0.25, -0.2) is 0 Å². The Bertz CT molecular complexity index is 1230. The Labute approximate surface area is 203 Å². The summed E-state index contributed by atoms with van der Waals surface area (Å²) in [6.07, 6.45) is -0.989. The summed E-state index contributed by atoms with van der Waals surface area (Å²) in [4.78, 5) is 26.8. The number of methoxy groups -OCH3 is 1. The van der Waals surface area contributed by atoms with Gasteiger partial charge in [-0.15, -0.1) is 0 Å². The van der Waals surface area contributed by atoms with E-state index in [1.54, 1.807) is 60.5 Å². The Balaban J connectivity index is 1.47. The molecule has 178 valence electrons. The molecule has 0 radical (unpaired) electrons. The number of nitrogens with zero attached hydrogens (tertiary/aromatic N) is 2. The first-order chi connectivity index (χ1) is 17.0. The van der Waals surface area contributed by atoms with Crippen LogP contribution in [0.4, 0.5) is 5.69 Å². The number of hydrogen-bond donors (Lipinski definition) is 2. The highest BCUT2D eigenvalue weighted by Gasteiger charge is 2.35. The molecule has 2 unspecified atom stereocenters. The number of rotatable bonds is 7. The monoisotopic (exact) mass is 471 g/mol. The van der Waals surface area contributed by atoms with Gasteiger partial charge in [-0.2, -0.15) is 5.26 Å². The van der Waals surface area contributed by atoms with Gasteiger partial charge in [0, 0.05) is 23.4 Å². The van der Waals surface area contributed by atoms with Crippen molar-refractivity contribution >= 4 is 17.5 Å². The summed E-state index contributed by atoms with van der Waals surface area (Å²) in [7, 11) is 1.58. The maximum absolute atomic E-state index is 12.7. The Hall–Kier alpha value is -4.19. The molecule has 1 aliphatic rings. The number of amides is 2. The molecule has 2 N–H and O–H groups in total. The number of aliphatic hydroxyl groups is 1. The average molecular weight is 472 g/mol. The predicted octanol–water partition coefficient (Wildman–Crippen LogP) is 3.28. The van der Waals surface area contributed by atoms with E-state index in [9.17, 15) is 14.7 Å². The number of morpholine rings is 1. The summed E-state index contributed by atoms with van der Waals surface area (Å²) in [6.45, 7) is 0.435. The molecule has 4 rings (SSSR count). The smallest absolute Gasteiger partial charge is 0.255 e. The van der Waals surface area contributed by atoms with E-state index >= 15 is 0 Å². The molecule has 3 aromatic carbocycles. The first kappa shape index (κ1) is 24.0. The predicted molar refractivity (Wildman–Crippen MR) is 129 cm³/mol. The summed E-state index contributed by atoms with van der Waals surface area (Å²) in [6, 6.07) is 22.0. The van der Waals surface area contributed by atoms with Crippen molar-refractivity contribution < 1.29 is 24.2 Å². The fraction of sp³-hybridized carbons (Fsp3) is 0.222. The molecule has 35 heavy (non-hydrogen) atoms. The zero-order valence-corrected chi connectivity index (χ0v) is 19.2. The van der Waals surface area contributed by atoms with Crippen molar-refractivity contribution in [3.63, 3.8) is 0 Å². The molecular weight excluding hydrogens is 446 g/mol. The van der Waals surface area contributed by atoms with E-state index in [0.717, 1.165) is 5.56 Å². The van der Waals surface area contributed by atoms with Crippen LogP contribution in [0.15, 0.2) is 72.8 Å². The van der Waals surface area contributed by atoms with Crippen molar-refractivity contribution in [1.29, 1.82) is 5.26 Å². The molecule has 0 saturated carbocycles. The summed E-state index contributed by atoms with van der Waals surface area (Å²) in [5, 5.41) is 22.8. The minimum absolute atomic E-state index is 0.0430. The van der Waals surface area contributed by atoms with Gasteiger partial charge in [-0.1, -0.05) is 30.3 Å². The van der Waals surface area contributed by atoms with Crippen molar-refractivity contribution in [2.75, 3.05) is 25.6 Å². The fourth-order valence-corrected chi connectivity index (χ4v) is 3.99. The third kappa shape index (κ3) is 5.49. The number of hydrogen-bond acceptors (Lipinski definition) is 6. The van der Waals surface area contributed by atoms with E-state index in [2.05, 4.69) is 5.32 Å². The van der Waals surface area contributed by atoms with Crippen molar-refractivity contribution in [3.8, 4) is 11.8 Å². The van der Waals surface area contributed by atoms with E-state index in [1.807, 2.05) is 30.3 Å². The van der Waals surface area contributed by atoms with Gasteiger partial charge in [0.25, 0.3) is 5.91 Å². The van der Waals surface area contributed by atoms with Crippen LogP contribution < -0.4 is 10.1 Å². The van der Waals surface area contributed by atoms with Gasteiger partial charge in [0.05, 0.1) is 31.4 Å². The Morgan fingerprint density at radius 1 is 1.17 bits per heavy atom. The number of para-hydroxylation sites is 1. The first-order valence-electron chi connectivity index (χ1n) is 11.1. The van der Waals surface area contributed by atoms with Crippen LogP contribution >= 0.6 is 0 Å². The molecule has 0 bridgehead atoms. The van der Waals surface area contributed by atoms with Crippen LogP contribution in [0.3, 0.4) is 0 Å². The van der Waals surface area contributed by atoms with Crippen LogP contribution in [0.1, 0.15) is 33.2 Å². The summed E-state index contributed by atoms with van der Waals surface area (Å²) in [5.74, 6) is 0.150. The zero-order chi connectivity index (χ0) is 24.8. The Kier molecular flexibility index (Phi) is 7.41. The molecule has 1 fully saturated rings. The summed E-state index contributed by atoms with van der Waals surface area (Å²) >= 11 is 0. The normalized spacial score (nSPS) is 16.3. The van der Waals surface area contributed by atoms with Crippen LogP contribution in [0, 0.1) is 11.3 Å². The lowest BCUT2D eigenvalue weighted by Gasteiger charge is -2.38. The van der Waals surface area contributed by atoms with Crippen molar-refractivity contribution in [3.05, 3.63) is 95.1 Å². The largest absolute Gasteiger partial charge is 0.496 e. The quantitative estimate of drug-likeness (QED) is 0.547. The second kappa shape index (κ2) is 10.8. The number of nitrogens with one attached hydrogen (secondary N) is 1. The molecule has 8 heteroatoms. The van der Waals surface area contributed by atoms with Gasteiger partial charge in [0.1, 0.15) is 18.5 Å². The molecule has 0 aromatic heterocycles. The lowest BCUT2D eigenvalue weighted by atomic mass is 9.99. The van der Waals surface area contributed by atoms with E-state index in [0.29, 0.717) is 28.1 Å². The van der Waals surface area contributed by atoms with E-state index in [4.69, 9.17) is 14.7 Å². The number of carbonyl (C=O) groups is 2. The van der Waals surface area contributed by atoms with Crippen molar-refractivity contribution in [2.24, 2.45) is 0 Å². The van der Waals surface area contributed by atoms with Gasteiger partial charge in [0.15, 0.2) is 0 Å². The molecule has 0 spiro atoms. The lowest BCUT2D eigenvalue weighted by Crippen LogP contribution is -2.51. The molecule has 1 heterocycles. The molecule has 1 aliphatic heterocycles. The fourth-order valence-electron chi connectivity index (χ4n) is 3.99. The van der Waals surface area contributed by atoms with E-state index < -0.39 is 12.1 Å². The van der Waals surface area contributed by atoms with E-state index in [-0.39, 0.29) is 31.6 Å². The number of benzene rings is 3. The van der Waals surface area contributed by atoms with Crippen LogP contribution in [0.25, 0.3) is 0 Å². The highest BCUT2D eigenvalue weighted by Crippen LogP contribution is 2.28. The van der Waals surface area contributed by atoms with Gasteiger partial charge in [-0.3, -0.25) is 9.59 Å². The summed E-state index contributed by atoms with van der Waals surface area (Å²) < 4.78 is 10.9. The molecule has 2 amide bonds. The summed E-state index contributed by atoms with van der Waals surface area (Å²) in [5.41, 5.74) is 2.89. The first-order valence-corrected chi connectivity index (χ1v) is 11.1. The number of aliphatic hydroxyl groups excluding tert-OH is 1. The minimum Gasteiger partial charge on any atom is -0.496 e. The standard InChI is InChI=1S/C27H25N3O5/c1-34-24-5-3-2-4-21(24)15-30-23(16-35-17-25(30)31)26(32)19-10-12-22(13-11-19)29-27(33)20-8-6-18(14-28)7-9-20/h2-13,23,26,32H,15-17H2,1H3,(H,29,33). The van der Waals surface area contributed by atoms with Crippen molar-refractivity contribution in [2.45, 2.75) is 18.7 Å². The van der Waals surface area contributed by atoms with Crippen LogP contribution in [-0.2, 0) is 16.1 Å². The molecule has 3 aromatic rings. The molecule has 8 nitrogen and oxygen atoms in total. The second-order valence-electron chi connectivity index (χ2n) is 8.13. The van der Waals surface area contributed by atoms with Crippen LogP contribution in [-0.4, -0.2) is 48.2 Å². The highest BCUT2D eigenvalue weighted by atomic mass is 16.5. The highest BCUT2D eigenvalue weighted by molar-refractivity contribution is 6.04. The second-order valence-corrected chi connectivity index (χ2v) is 8.13. The SMILES string of the molecule is COc1ccccc1CN1C(=O)COCC1C(O)c1ccc(NC(=O)c2ccc(C#N)cc2)cc1. The molecule has 0 aliphatic carbocycles. The maximum Gasteiger partial charge on any atom is 0.255 e. The third-order valence-corrected chi connectivity index (χ3v) is 5.92. The van der Waals surface area contributed by atoms with Gasteiger partial charge >= 0.3 is 0 Å². The number of carbonyl (C=O) groups excluding carboxylic acids is 2. The average Bonchev–Trinajstić information content (AvgIpc) is 2.90. The third-order valence-electron chi connectivity index (χ3n) is 5.92. The number of ether oxygens (including phenoxy) is 2. The molecule has 1 saturated heterocycles. The Morgan fingerprint density at radius 3 is 2.57 bits per heavy atom. The van der Waals surface area contributed by atoms with Crippen molar-refractivity contribution in [1.82, 2.24) is 4.90 Å². The number of anilines is 1. The number of nitriles is 1. The molecular formula is C27H25N3O5. The van der Waals surface area contributed by atoms with Gasteiger partial charge in [-0.05, 0) is 48.0 Å². The zero-order valence-electron chi connectivity index (χ0n) is 19.2. The van der Waals surface area contributed by atoms with Crippen LogP contribution in [0.2, 0.25) is 0 Å². The van der Waals surface area contributed by atoms with Gasteiger partial charge in [0.2, 0.25) is 5.91 Å². The maximum atomic E-state index is 12.7. The van der Waals surface area contributed by atoms with Gasteiger partial charge < -0.3 is 24.8 Å².